The molecule has 9 heteroatoms. The molecule has 0 amide bonds. The Labute approximate surface area is 226 Å². The molecule has 5 rings (SSSR count). The maximum absolute atomic E-state index is 11.5. The molecule has 4 aromatic rings. The Morgan fingerprint density at radius 1 is 1.11 bits per heavy atom. The standard InChI is InChI=1S/C28H30Cl2N4O3/c1-17(2)27-20(26(31-37-27)25-22(29)5-4-6-23(25)30)9-10-33-11-13-34(14-12-33)18-7-8-19-21(28(35)36)16-32(3)24(19)15-18/h4-8,15-17H,9-14H2,1-3H3,(H,35,36). The molecule has 1 aliphatic heterocycles. The van der Waals surface area contributed by atoms with Gasteiger partial charge in [0.1, 0.15) is 11.5 Å². The van der Waals surface area contributed by atoms with Gasteiger partial charge in [-0.3, -0.25) is 4.90 Å². The fraction of sp³-hybridized carbons (Fsp3) is 0.357. The molecule has 7 nitrogen and oxygen atoms in total. The number of aromatic nitrogens is 2. The molecule has 0 aliphatic carbocycles. The van der Waals surface area contributed by atoms with Crippen LogP contribution in [0.15, 0.2) is 47.1 Å². The number of halogens is 2. The molecule has 0 radical (unpaired) electrons. The molecule has 37 heavy (non-hydrogen) atoms. The number of hydrogen-bond acceptors (Lipinski definition) is 5. The molecule has 2 aromatic carbocycles. The number of aromatic carboxylic acids is 1. The van der Waals surface area contributed by atoms with Crippen molar-refractivity contribution in [1.82, 2.24) is 14.6 Å². The number of nitrogens with zero attached hydrogens (tertiary/aromatic N) is 4. The van der Waals surface area contributed by atoms with Crippen LogP contribution in [0.1, 0.15) is 41.4 Å². The van der Waals surface area contributed by atoms with Gasteiger partial charge in [-0.1, -0.05) is 48.3 Å². The van der Waals surface area contributed by atoms with E-state index < -0.39 is 5.97 Å². The highest BCUT2D eigenvalue weighted by molar-refractivity contribution is 6.39. The fourth-order valence-electron chi connectivity index (χ4n) is 5.18. The van der Waals surface area contributed by atoms with Crippen molar-refractivity contribution >= 4 is 45.8 Å². The van der Waals surface area contributed by atoms with E-state index in [9.17, 15) is 9.90 Å². The first-order valence-electron chi connectivity index (χ1n) is 12.5. The van der Waals surface area contributed by atoms with Crippen LogP contribution in [0.2, 0.25) is 10.0 Å². The molecule has 0 bridgehead atoms. The molecule has 194 valence electrons. The van der Waals surface area contributed by atoms with E-state index in [1.54, 1.807) is 6.20 Å². The third-order valence-electron chi connectivity index (χ3n) is 7.16. The highest BCUT2D eigenvalue weighted by atomic mass is 35.5. The van der Waals surface area contributed by atoms with Gasteiger partial charge in [0.25, 0.3) is 0 Å². The molecule has 1 fully saturated rings. The maximum atomic E-state index is 11.5. The van der Waals surface area contributed by atoms with E-state index in [1.807, 2.05) is 41.9 Å². The lowest BCUT2D eigenvalue weighted by Crippen LogP contribution is -2.47. The van der Waals surface area contributed by atoms with Gasteiger partial charge in [-0.05, 0) is 36.8 Å². The number of anilines is 1. The second-order valence-corrected chi connectivity index (χ2v) is 10.7. The quantitative estimate of drug-likeness (QED) is 0.295. The summed E-state index contributed by atoms with van der Waals surface area (Å²) in [5.41, 5.74) is 4.90. The largest absolute Gasteiger partial charge is 0.478 e. The predicted molar refractivity (Wildman–Crippen MR) is 148 cm³/mol. The van der Waals surface area contributed by atoms with Crippen molar-refractivity contribution in [3.63, 3.8) is 0 Å². The molecule has 0 spiro atoms. The minimum Gasteiger partial charge on any atom is -0.478 e. The number of carboxylic acids is 1. The van der Waals surface area contributed by atoms with Crippen molar-refractivity contribution in [1.29, 1.82) is 0 Å². The number of carboxylic acid groups (broad SMARTS) is 1. The number of aryl methyl sites for hydroxylation is 1. The number of piperazine rings is 1. The average Bonchev–Trinajstić information content (AvgIpc) is 3.44. The summed E-state index contributed by atoms with van der Waals surface area (Å²) < 4.78 is 7.65. The normalized spacial score (nSPS) is 14.7. The number of rotatable bonds is 7. The van der Waals surface area contributed by atoms with Crippen LogP contribution < -0.4 is 4.90 Å². The van der Waals surface area contributed by atoms with E-state index in [1.165, 1.54) is 0 Å². The van der Waals surface area contributed by atoms with Crippen molar-refractivity contribution in [3.8, 4) is 11.3 Å². The first kappa shape index (κ1) is 25.6. The Morgan fingerprint density at radius 3 is 2.46 bits per heavy atom. The lowest BCUT2D eigenvalue weighted by atomic mass is 9.98. The van der Waals surface area contributed by atoms with E-state index >= 15 is 0 Å². The first-order valence-corrected chi connectivity index (χ1v) is 13.2. The van der Waals surface area contributed by atoms with Crippen molar-refractivity contribution in [2.75, 3.05) is 37.6 Å². The van der Waals surface area contributed by atoms with Crippen LogP contribution in [0.3, 0.4) is 0 Å². The van der Waals surface area contributed by atoms with E-state index in [2.05, 4.69) is 34.9 Å². The van der Waals surface area contributed by atoms with Gasteiger partial charge in [-0.15, -0.1) is 0 Å². The number of carbonyl (C=O) groups is 1. The van der Waals surface area contributed by atoms with Crippen LogP contribution in [0.5, 0.6) is 0 Å². The SMILES string of the molecule is CC(C)c1onc(-c2c(Cl)cccc2Cl)c1CCN1CCN(c2ccc3c(C(=O)O)cn(C)c3c2)CC1. The van der Waals surface area contributed by atoms with E-state index in [0.717, 1.165) is 78.3 Å². The highest BCUT2D eigenvalue weighted by Crippen LogP contribution is 2.38. The second kappa shape index (κ2) is 10.4. The van der Waals surface area contributed by atoms with Gasteiger partial charge in [0.15, 0.2) is 0 Å². The average molecular weight is 541 g/mol. The maximum Gasteiger partial charge on any atom is 0.337 e. The minimum absolute atomic E-state index is 0.198. The van der Waals surface area contributed by atoms with Gasteiger partial charge >= 0.3 is 5.97 Å². The van der Waals surface area contributed by atoms with E-state index in [4.69, 9.17) is 27.7 Å². The zero-order valence-corrected chi connectivity index (χ0v) is 22.7. The Hall–Kier alpha value is -3.00. The molecule has 0 saturated carbocycles. The van der Waals surface area contributed by atoms with Gasteiger partial charge in [-0.25, -0.2) is 4.79 Å². The van der Waals surface area contributed by atoms with Crippen LogP contribution in [0, 0.1) is 0 Å². The number of fused-ring (bicyclic) bond motifs is 1. The summed E-state index contributed by atoms with van der Waals surface area (Å²) in [6.07, 6.45) is 2.47. The van der Waals surface area contributed by atoms with E-state index in [-0.39, 0.29) is 5.92 Å². The second-order valence-electron chi connectivity index (χ2n) is 9.86. The van der Waals surface area contributed by atoms with Crippen LogP contribution in [-0.4, -0.2) is 58.4 Å². The summed E-state index contributed by atoms with van der Waals surface area (Å²) in [4.78, 5) is 16.4. The summed E-state index contributed by atoms with van der Waals surface area (Å²) >= 11 is 13.0. The van der Waals surface area contributed by atoms with Crippen molar-refractivity contribution in [3.05, 3.63) is 69.5 Å². The first-order chi connectivity index (χ1) is 17.7. The van der Waals surface area contributed by atoms with Gasteiger partial charge in [-0.2, -0.15) is 0 Å². The monoisotopic (exact) mass is 540 g/mol. The fourth-order valence-corrected chi connectivity index (χ4v) is 5.75. The molecule has 1 saturated heterocycles. The Morgan fingerprint density at radius 2 is 1.81 bits per heavy atom. The topological polar surface area (TPSA) is 74.7 Å². The Balaban J connectivity index is 1.29. The van der Waals surface area contributed by atoms with Crippen molar-refractivity contribution in [2.24, 2.45) is 7.05 Å². The van der Waals surface area contributed by atoms with E-state index in [0.29, 0.717) is 15.6 Å². The smallest absolute Gasteiger partial charge is 0.337 e. The molecule has 2 aromatic heterocycles. The molecular formula is C28H30Cl2N4O3. The lowest BCUT2D eigenvalue weighted by Gasteiger charge is -2.36. The minimum atomic E-state index is -0.902. The third-order valence-corrected chi connectivity index (χ3v) is 7.79. The van der Waals surface area contributed by atoms with Crippen LogP contribution >= 0.6 is 23.2 Å². The summed E-state index contributed by atoms with van der Waals surface area (Å²) in [5.74, 6) is 0.171. The third kappa shape index (κ3) is 4.96. The summed E-state index contributed by atoms with van der Waals surface area (Å²) in [6.45, 7) is 8.72. The molecule has 1 N–H and O–H groups in total. The van der Waals surface area contributed by atoms with Gasteiger partial charge in [0, 0.05) is 74.1 Å². The number of benzene rings is 2. The Bertz CT molecular complexity index is 1430. The molecule has 0 unspecified atom stereocenters. The predicted octanol–water partition coefficient (Wildman–Crippen LogP) is 6.33. The van der Waals surface area contributed by atoms with Gasteiger partial charge in [0.2, 0.25) is 0 Å². The van der Waals surface area contributed by atoms with Gasteiger partial charge in [0.05, 0.1) is 21.1 Å². The Kier molecular flexibility index (Phi) is 7.21. The van der Waals surface area contributed by atoms with Crippen molar-refractivity contribution in [2.45, 2.75) is 26.2 Å². The summed E-state index contributed by atoms with van der Waals surface area (Å²) in [5, 5.41) is 15.7. The zero-order chi connectivity index (χ0) is 26.3. The zero-order valence-electron chi connectivity index (χ0n) is 21.2. The van der Waals surface area contributed by atoms with Gasteiger partial charge < -0.3 is 19.1 Å². The summed E-state index contributed by atoms with van der Waals surface area (Å²) in [6, 6.07) is 11.5. The molecule has 1 aliphatic rings. The molecule has 3 heterocycles. The van der Waals surface area contributed by atoms with Crippen LogP contribution in [-0.2, 0) is 13.5 Å². The van der Waals surface area contributed by atoms with Crippen LogP contribution in [0.25, 0.3) is 22.2 Å². The van der Waals surface area contributed by atoms with Crippen molar-refractivity contribution < 1.29 is 14.4 Å². The molecule has 0 atom stereocenters. The number of hydrogen-bond donors (Lipinski definition) is 1. The summed E-state index contributed by atoms with van der Waals surface area (Å²) in [7, 11) is 1.89. The lowest BCUT2D eigenvalue weighted by molar-refractivity contribution is 0.0699. The highest BCUT2D eigenvalue weighted by Gasteiger charge is 2.25. The van der Waals surface area contributed by atoms with Crippen LogP contribution in [0.4, 0.5) is 5.69 Å². The molecular weight excluding hydrogens is 511 g/mol.